The third-order valence-corrected chi connectivity index (χ3v) is 9.11. The number of benzene rings is 7. The predicted octanol–water partition coefficient (Wildman–Crippen LogP) is 12.0. The van der Waals surface area contributed by atoms with Gasteiger partial charge in [-0.15, -0.1) is 0 Å². The van der Waals surface area contributed by atoms with Crippen LogP contribution in [0.25, 0.3) is 66.1 Å². The molecule has 0 bridgehead atoms. The second-order valence-electron chi connectivity index (χ2n) is 12.0. The van der Waals surface area contributed by atoms with Crippen LogP contribution in [-0.2, 0) is 0 Å². The van der Waals surface area contributed by atoms with Gasteiger partial charge < -0.3 is 13.7 Å². The number of furan rings is 2. The van der Waals surface area contributed by atoms with E-state index in [1.165, 1.54) is 0 Å². The molecule has 0 aliphatic heterocycles. The Morgan fingerprint density at radius 2 is 0.776 bits per heavy atom. The first-order valence-electron chi connectivity index (χ1n) is 15.9. The van der Waals surface area contributed by atoms with E-state index in [1.54, 1.807) is 6.07 Å². The highest BCUT2D eigenvalue weighted by Crippen LogP contribution is 2.39. The van der Waals surface area contributed by atoms with Crippen LogP contribution in [0.3, 0.4) is 0 Å². The van der Waals surface area contributed by atoms with Crippen LogP contribution < -0.4 is 4.90 Å². The number of anilines is 3. The number of fused-ring (bicyclic) bond motifs is 6. The Bertz CT molecular complexity index is 2600. The lowest BCUT2D eigenvalue weighted by Crippen LogP contribution is -2.10. The Hall–Kier alpha value is -7.08. The molecule has 5 heteroatoms. The maximum absolute atomic E-state index is 9.79. The topological polar surface area (TPSA) is 77.1 Å². The van der Waals surface area contributed by atoms with Gasteiger partial charge in [0, 0.05) is 38.6 Å². The standard InChI is InChI=1S/C44H25N3O2/c45-26-28-21-29(27-46)23-36(22-28)47(34-15-9-30(10-16-34)32-13-19-43-39(24-32)37-5-1-3-7-41(37)48-43)35-17-11-31(12-18-35)33-14-20-44-40(25-33)38-6-2-4-8-42(38)49-44/h1-25H. The molecule has 0 N–H and O–H groups in total. The SMILES string of the molecule is N#Cc1cc(C#N)cc(N(c2ccc(-c3ccc4oc5ccccc5c4c3)cc2)c2ccc(-c3ccc4oc5ccccc5c4c3)cc2)c1. The van der Waals surface area contributed by atoms with Crippen molar-refractivity contribution in [1.29, 1.82) is 10.5 Å². The molecule has 0 saturated carbocycles. The molecule has 7 aromatic carbocycles. The smallest absolute Gasteiger partial charge is 0.135 e. The monoisotopic (exact) mass is 627 g/mol. The van der Waals surface area contributed by atoms with Crippen LogP contribution in [0.5, 0.6) is 0 Å². The molecule has 0 atom stereocenters. The normalized spacial score (nSPS) is 11.2. The van der Waals surface area contributed by atoms with Crippen molar-refractivity contribution in [2.75, 3.05) is 4.90 Å². The Morgan fingerprint density at radius 1 is 0.367 bits per heavy atom. The minimum atomic E-state index is 0.425. The summed E-state index contributed by atoms with van der Waals surface area (Å²) in [4.78, 5) is 2.08. The van der Waals surface area contributed by atoms with Gasteiger partial charge in [-0.2, -0.15) is 10.5 Å². The summed E-state index contributed by atoms with van der Waals surface area (Å²) in [7, 11) is 0. The molecule has 228 valence electrons. The molecule has 2 heterocycles. The van der Waals surface area contributed by atoms with Gasteiger partial charge in [-0.05, 0) is 101 Å². The van der Waals surface area contributed by atoms with Crippen LogP contribution in [0.2, 0.25) is 0 Å². The largest absolute Gasteiger partial charge is 0.456 e. The zero-order chi connectivity index (χ0) is 32.9. The van der Waals surface area contributed by atoms with Crippen molar-refractivity contribution >= 4 is 60.9 Å². The zero-order valence-electron chi connectivity index (χ0n) is 26.1. The third kappa shape index (κ3) is 4.86. The van der Waals surface area contributed by atoms with Gasteiger partial charge >= 0.3 is 0 Å². The fourth-order valence-corrected chi connectivity index (χ4v) is 6.73. The van der Waals surface area contributed by atoms with E-state index in [0.717, 1.165) is 83.2 Å². The summed E-state index contributed by atoms with van der Waals surface area (Å²) < 4.78 is 12.1. The first-order valence-corrected chi connectivity index (χ1v) is 15.9. The van der Waals surface area contributed by atoms with Gasteiger partial charge in [-0.25, -0.2) is 0 Å². The molecule has 2 aromatic heterocycles. The maximum atomic E-state index is 9.79. The van der Waals surface area contributed by atoms with Gasteiger partial charge in [0.15, 0.2) is 0 Å². The third-order valence-electron chi connectivity index (χ3n) is 9.11. The van der Waals surface area contributed by atoms with E-state index in [1.807, 2.05) is 60.7 Å². The van der Waals surface area contributed by atoms with Crippen molar-refractivity contribution in [3.8, 4) is 34.4 Å². The van der Waals surface area contributed by atoms with Gasteiger partial charge in [0.1, 0.15) is 22.3 Å². The van der Waals surface area contributed by atoms with Gasteiger partial charge in [-0.1, -0.05) is 72.8 Å². The Labute approximate surface area is 281 Å². The lowest BCUT2D eigenvalue weighted by atomic mass is 10.0. The molecule has 0 aliphatic carbocycles. The van der Waals surface area contributed by atoms with Crippen molar-refractivity contribution in [2.24, 2.45) is 0 Å². The van der Waals surface area contributed by atoms with E-state index in [-0.39, 0.29) is 0 Å². The summed E-state index contributed by atoms with van der Waals surface area (Å²) in [5, 5.41) is 23.9. The second kappa shape index (κ2) is 11.3. The number of nitriles is 2. The predicted molar refractivity (Wildman–Crippen MR) is 196 cm³/mol. The molecule has 0 unspecified atom stereocenters. The highest BCUT2D eigenvalue weighted by Gasteiger charge is 2.16. The van der Waals surface area contributed by atoms with Gasteiger partial charge in [0.05, 0.1) is 23.3 Å². The summed E-state index contributed by atoms with van der Waals surface area (Å²) >= 11 is 0. The Morgan fingerprint density at radius 3 is 1.22 bits per heavy atom. The van der Waals surface area contributed by atoms with Crippen LogP contribution in [0, 0.1) is 22.7 Å². The van der Waals surface area contributed by atoms with Crippen LogP contribution in [0.4, 0.5) is 17.1 Å². The highest BCUT2D eigenvalue weighted by molar-refractivity contribution is 6.07. The quantitative estimate of drug-likeness (QED) is 0.190. The van der Waals surface area contributed by atoms with E-state index in [0.29, 0.717) is 11.1 Å². The molecule has 0 saturated heterocycles. The minimum absolute atomic E-state index is 0.425. The first-order chi connectivity index (χ1) is 24.1. The van der Waals surface area contributed by atoms with Crippen molar-refractivity contribution in [1.82, 2.24) is 0 Å². The minimum Gasteiger partial charge on any atom is -0.456 e. The lowest BCUT2D eigenvalue weighted by Gasteiger charge is -2.26. The van der Waals surface area contributed by atoms with Crippen LogP contribution in [-0.4, -0.2) is 0 Å². The molecule has 0 aliphatic rings. The number of hydrogen-bond acceptors (Lipinski definition) is 5. The molecule has 9 aromatic rings. The van der Waals surface area contributed by atoms with Crippen molar-refractivity contribution < 1.29 is 8.83 Å². The number of nitrogens with zero attached hydrogens (tertiary/aromatic N) is 3. The van der Waals surface area contributed by atoms with Crippen molar-refractivity contribution in [2.45, 2.75) is 0 Å². The fourth-order valence-electron chi connectivity index (χ4n) is 6.73. The maximum Gasteiger partial charge on any atom is 0.135 e. The molecular weight excluding hydrogens is 603 g/mol. The summed E-state index contributed by atoms with van der Waals surface area (Å²) in [5.74, 6) is 0. The first kappa shape index (κ1) is 28.2. The van der Waals surface area contributed by atoms with Gasteiger partial charge in [0.25, 0.3) is 0 Å². The van der Waals surface area contributed by atoms with E-state index >= 15 is 0 Å². The summed E-state index contributed by atoms with van der Waals surface area (Å²) in [6, 6.07) is 55.1. The zero-order valence-corrected chi connectivity index (χ0v) is 26.1. The lowest BCUT2D eigenvalue weighted by molar-refractivity contribution is 0.668. The molecule has 0 amide bonds. The molecule has 49 heavy (non-hydrogen) atoms. The second-order valence-corrected chi connectivity index (χ2v) is 12.0. The number of rotatable bonds is 5. The highest BCUT2D eigenvalue weighted by atomic mass is 16.3. The van der Waals surface area contributed by atoms with E-state index in [9.17, 15) is 10.5 Å². The fraction of sp³-hybridized carbons (Fsp3) is 0. The van der Waals surface area contributed by atoms with Crippen LogP contribution in [0.1, 0.15) is 11.1 Å². The average molecular weight is 628 g/mol. The molecule has 0 radical (unpaired) electrons. The molecule has 5 nitrogen and oxygen atoms in total. The summed E-state index contributed by atoms with van der Waals surface area (Å²) in [6.45, 7) is 0. The summed E-state index contributed by atoms with van der Waals surface area (Å²) in [5.41, 5.74) is 11.2. The van der Waals surface area contributed by atoms with Gasteiger partial charge in [-0.3, -0.25) is 0 Å². The van der Waals surface area contributed by atoms with E-state index < -0.39 is 0 Å². The van der Waals surface area contributed by atoms with Crippen molar-refractivity contribution in [3.63, 3.8) is 0 Å². The van der Waals surface area contributed by atoms with Crippen LogP contribution >= 0.6 is 0 Å². The Balaban J connectivity index is 1.11. The number of para-hydroxylation sites is 2. The molecular formula is C44H25N3O2. The molecule has 9 rings (SSSR count). The van der Waals surface area contributed by atoms with Gasteiger partial charge in [0.2, 0.25) is 0 Å². The Kier molecular flexibility index (Phi) is 6.50. The average Bonchev–Trinajstić information content (AvgIpc) is 3.73. The van der Waals surface area contributed by atoms with E-state index in [2.05, 4.69) is 102 Å². The van der Waals surface area contributed by atoms with Crippen LogP contribution in [0.15, 0.2) is 160 Å². The van der Waals surface area contributed by atoms with E-state index in [4.69, 9.17) is 8.83 Å². The number of hydrogen-bond donors (Lipinski definition) is 0. The van der Waals surface area contributed by atoms with Crippen molar-refractivity contribution in [3.05, 3.63) is 163 Å². The molecule has 0 spiro atoms. The molecule has 0 fully saturated rings. The summed E-state index contributed by atoms with van der Waals surface area (Å²) in [6.07, 6.45) is 0.